The van der Waals surface area contributed by atoms with Crippen molar-refractivity contribution in [3.8, 4) is 11.5 Å². The zero-order valence-electron chi connectivity index (χ0n) is 86.3. The summed E-state index contributed by atoms with van der Waals surface area (Å²) < 4.78 is 66.8. The Balaban J connectivity index is 0.000000166. The molecule has 0 aromatic heterocycles. The van der Waals surface area contributed by atoms with Gasteiger partial charge in [0.2, 0.25) is 9.84 Å². The van der Waals surface area contributed by atoms with Gasteiger partial charge in [0.05, 0.1) is 31.2 Å². The Kier molecular flexibility index (Phi) is 43.6. The van der Waals surface area contributed by atoms with E-state index in [1.54, 1.807) is 72.4 Å². The molecule has 0 atom stereocenters. The molecule has 0 spiro atoms. The van der Waals surface area contributed by atoms with E-state index in [-0.39, 0.29) is 17.3 Å². The number of rotatable bonds is 20. The van der Waals surface area contributed by atoms with Crippen molar-refractivity contribution < 1.29 is 35.4 Å². The number of hydrogen-bond donors (Lipinski definition) is 0. The van der Waals surface area contributed by atoms with Crippen LogP contribution in [-0.4, -0.2) is 32.6 Å². The molecule has 8 nitrogen and oxygen atoms in total. The number of benzene rings is 18. The van der Waals surface area contributed by atoms with E-state index in [9.17, 15) is 30.6 Å². The Labute approximate surface area is 864 Å². The van der Waals surface area contributed by atoms with E-state index >= 15 is 0 Å². The zero-order valence-corrected chi connectivity index (χ0v) is 89.6. The highest BCUT2D eigenvalue weighted by Gasteiger charge is 2.19. The van der Waals surface area contributed by atoms with E-state index in [1.807, 2.05) is 300 Å². The van der Waals surface area contributed by atoms with Crippen molar-refractivity contribution in [1.29, 1.82) is 0 Å². The number of aryl methyl sites for hydroxylation is 18. The zero-order chi connectivity index (χ0) is 104. The molecule has 0 aliphatic rings. The average molecular weight is 1980 g/mol. The second kappa shape index (κ2) is 56.4. The second-order valence-electron chi connectivity index (χ2n) is 36.8. The molecule has 18 rings (SSSR count). The summed E-state index contributed by atoms with van der Waals surface area (Å²) in [6.45, 7) is 36.8. The van der Waals surface area contributed by atoms with E-state index in [4.69, 9.17) is 4.74 Å². The summed E-state index contributed by atoms with van der Waals surface area (Å²) in [5.74, 6) is 2.07. The average Bonchev–Trinajstić information content (AvgIpc) is 0.778. The van der Waals surface area contributed by atoms with E-state index in [0.29, 0.717) is 21.1 Å². The summed E-state index contributed by atoms with van der Waals surface area (Å²) in [7, 11) is -7.68. The molecule has 0 bridgehead atoms. The van der Waals surface area contributed by atoms with Crippen LogP contribution in [0.3, 0.4) is 0 Å². The van der Waals surface area contributed by atoms with Gasteiger partial charge in [-0.15, -0.1) is 0 Å². The number of ether oxygens (including phenoxy) is 1. The fourth-order valence-electron chi connectivity index (χ4n) is 14.1. The molecule has 0 saturated carbocycles. The first-order valence-electron chi connectivity index (χ1n) is 48.4. The third-order valence-electron chi connectivity index (χ3n) is 23.3. The van der Waals surface area contributed by atoms with Crippen LogP contribution in [0.15, 0.2) is 471 Å². The lowest BCUT2D eigenvalue weighted by atomic mass is 10.0. The molecule has 0 unspecified atom stereocenters. The molecule has 144 heavy (non-hydrogen) atoms. The highest BCUT2D eigenvalue weighted by Crippen LogP contribution is 2.30. The number of hydrogen-bond acceptors (Lipinski definition) is 9. The van der Waals surface area contributed by atoms with Crippen LogP contribution in [0.25, 0.3) is 0 Å². The van der Waals surface area contributed by atoms with E-state index in [2.05, 4.69) is 201 Å². The molecule has 734 valence electrons. The van der Waals surface area contributed by atoms with Gasteiger partial charge in [0.15, 0.2) is 21.4 Å². The first-order chi connectivity index (χ1) is 68.9. The minimum absolute atomic E-state index is 0.0519. The third kappa shape index (κ3) is 39.1. The largest absolute Gasteiger partial charge is 0.457 e. The van der Waals surface area contributed by atoms with Crippen molar-refractivity contribution in [2.24, 2.45) is 0 Å². The number of ketones is 2. The molecule has 0 saturated heterocycles. The van der Waals surface area contributed by atoms with Gasteiger partial charge in [0.1, 0.15) is 11.5 Å². The van der Waals surface area contributed by atoms with Crippen molar-refractivity contribution in [3.05, 3.63) is 587 Å². The van der Waals surface area contributed by atoms with Gasteiger partial charge in [-0.2, -0.15) is 0 Å². The van der Waals surface area contributed by atoms with Gasteiger partial charge in [-0.3, -0.25) is 9.59 Å². The van der Waals surface area contributed by atoms with Gasteiger partial charge in [0, 0.05) is 42.7 Å². The summed E-state index contributed by atoms with van der Waals surface area (Å²) in [5.41, 5.74) is 31.5. The fraction of sp³-hybridized carbons (Fsp3) is 0.167. The number of carbonyl (C=O) groups is 2. The molecule has 0 aliphatic carbocycles. The van der Waals surface area contributed by atoms with Crippen LogP contribution >= 0.6 is 11.8 Å². The molecule has 0 fully saturated rings. The lowest BCUT2D eigenvalue weighted by Crippen LogP contribution is -2.04. The van der Waals surface area contributed by atoms with Gasteiger partial charge in [0.25, 0.3) is 0 Å². The minimum Gasteiger partial charge on any atom is -0.457 e. The van der Waals surface area contributed by atoms with E-state index in [0.717, 1.165) is 84.2 Å². The summed E-state index contributed by atoms with van der Waals surface area (Å²) >= 11 is 1.80. The number of carbonyl (C=O) groups excluding carboxylic acids is 2. The second-order valence-corrected chi connectivity index (χ2v) is 43.4. The number of Topliss-reactive ketones (excluding diaryl/α,β-unsaturated/α-hetero) is 1. The topological polar surface area (TPSA) is 129 Å². The lowest BCUT2D eigenvalue weighted by molar-refractivity contribution is 0.0991. The summed E-state index contributed by atoms with van der Waals surface area (Å²) in [6, 6.07) is 144. The molecule has 0 N–H and O–H groups in total. The number of sulfone groups is 2. The highest BCUT2D eigenvalue weighted by molar-refractivity contribution is 7.99. The first kappa shape index (κ1) is 111. The quantitative estimate of drug-likeness (QED) is 0.0685. The maximum absolute atomic E-state index is 12.3. The molecular formula is C132H134O8S4. The molecule has 0 amide bonds. The third-order valence-corrected chi connectivity index (χ3v) is 29.2. The molecule has 0 radical (unpaired) electrons. The van der Waals surface area contributed by atoms with Gasteiger partial charge in [-0.25, -0.2) is 21.0 Å². The molecule has 0 heterocycles. The first-order valence-corrected chi connectivity index (χ1v) is 53.5. The monoisotopic (exact) mass is 1970 g/mol. The Morgan fingerprint density at radius 3 is 0.674 bits per heavy atom. The summed E-state index contributed by atoms with van der Waals surface area (Å²) in [4.78, 5) is 29.4. The van der Waals surface area contributed by atoms with Crippen LogP contribution in [-0.2, 0) is 55.5 Å². The minimum atomic E-state index is -3.37. The smallest absolute Gasteiger partial charge is 0.206 e. The fourth-order valence-corrected chi connectivity index (χ4v) is 18.5. The van der Waals surface area contributed by atoms with Crippen LogP contribution in [0.1, 0.15) is 160 Å². The summed E-state index contributed by atoms with van der Waals surface area (Å²) in [6.07, 6.45) is 2.53. The van der Waals surface area contributed by atoms with Crippen LogP contribution in [0, 0.1) is 125 Å². The predicted octanol–water partition coefficient (Wildman–Crippen LogP) is 33.5. The van der Waals surface area contributed by atoms with Crippen molar-refractivity contribution in [3.63, 3.8) is 0 Å². The van der Waals surface area contributed by atoms with Crippen molar-refractivity contribution in [2.75, 3.05) is 0 Å². The van der Waals surface area contributed by atoms with Gasteiger partial charge in [-0.05, 0) is 280 Å². The van der Waals surface area contributed by atoms with Gasteiger partial charge < -0.3 is 4.74 Å². The standard InChI is InChI=1S/C16H16O.C15H16O2S.C15H14O.2C15H16.C14H14O2S.C14H14OS.C14H14O.C14H14S/c1-12-3-7-14(8-4-12)11-16(17)15-9-5-13(2)6-10-15;1-12-3-7-14(8-4-12)11-18(16,17)15-9-5-13(2)6-10-15;1-11-3-7-13(8-4-11)15(16)14-9-5-12(2)6-10-14;2*1-12-3-7-14(8-4-12)11-15-9-5-13(2)6-10-15;1-11-3-7-13(8-4-11)17(15,16)14-9-5-12(2)6-10-14;1-11-3-7-13(8-4-11)16(15)14-9-5-12(2)6-10-14;2*1-11-3-7-13(8-4-11)15-14-9-5-12(2)6-10-14/h3-10H,11H2,1-2H3;3-10H,11H2,1-2H3;3-10H,1-2H3;2*3-10H,11H2,1-2H3;3-10H,1-2H3;3-10H,1-2H3;2*3-10H,1-2H3. The van der Waals surface area contributed by atoms with Crippen LogP contribution in [0.2, 0.25) is 0 Å². The molecule has 12 heteroatoms. The Bertz CT molecular complexity index is 6470. The van der Waals surface area contributed by atoms with Crippen molar-refractivity contribution in [2.45, 2.75) is 184 Å². The van der Waals surface area contributed by atoms with Crippen LogP contribution in [0.4, 0.5) is 0 Å². The maximum atomic E-state index is 12.3. The van der Waals surface area contributed by atoms with Crippen LogP contribution in [0.5, 0.6) is 11.5 Å². The van der Waals surface area contributed by atoms with E-state index in [1.165, 1.54) is 110 Å². The molecule has 18 aromatic carbocycles. The van der Waals surface area contributed by atoms with Crippen LogP contribution < -0.4 is 4.74 Å². The normalized spacial score (nSPS) is 10.5. The molecule has 0 aliphatic heterocycles. The highest BCUT2D eigenvalue weighted by atomic mass is 32.2. The Morgan fingerprint density at radius 2 is 0.417 bits per heavy atom. The van der Waals surface area contributed by atoms with Gasteiger partial charge >= 0.3 is 0 Å². The van der Waals surface area contributed by atoms with Gasteiger partial charge in [-0.1, -0.05) is 439 Å². The SMILES string of the molecule is Cc1ccc(C(=O)c2ccc(C)cc2)cc1.Cc1ccc(CC(=O)c2ccc(C)cc2)cc1.Cc1ccc(CS(=O)(=O)c2ccc(C)cc2)cc1.Cc1ccc(Cc2ccc(C)cc2)cc1.Cc1ccc(Cc2ccc(C)cc2)cc1.Cc1ccc(Oc2ccc(C)cc2)cc1.Cc1ccc(S(=O)(=O)c2ccc(C)cc2)cc1.Cc1ccc(S(=O)c2ccc(C)cc2)cc1.Cc1ccc(Sc2ccc(C)cc2)cc1. The Morgan fingerprint density at radius 1 is 0.222 bits per heavy atom. The molecular weight excluding hydrogens is 1840 g/mol. The van der Waals surface area contributed by atoms with Crippen molar-refractivity contribution >= 4 is 53.8 Å². The van der Waals surface area contributed by atoms with E-state index < -0.39 is 30.5 Å². The Hall–Kier alpha value is -14.5. The lowest BCUT2D eigenvalue weighted by Gasteiger charge is -2.05. The predicted molar refractivity (Wildman–Crippen MR) is 604 cm³/mol. The molecule has 18 aromatic rings. The maximum Gasteiger partial charge on any atom is 0.206 e. The van der Waals surface area contributed by atoms with Crippen molar-refractivity contribution in [1.82, 2.24) is 0 Å². The summed E-state index contributed by atoms with van der Waals surface area (Å²) in [5, 5.41) is 0.